The zero-order valence-corrected chi connectivity index (χ0v) is 21.9. The van der Waals surface area contributed by atoms with Crippen LogP contribution in [-0.4, -0.2) is 53.7 Å². The summed E-state index contributed by atoms with van der Waals surface area (Å²) in [5, 5.41) is 29.7. The van der Waals surface area contributed by atoms with Crippen molar-refractivity contribution in [1.82, 2.24) is 19.6 Å². The van der Waals surface area contributed by atoms with Crippen molar-refractivity contribution in [3.05, 3.63) is 126 Å². The maximum Gasteiger partial charge on any atom is 0.224 e. The Hall–Kier alpha value is -4.15. The maximum atomic E-state index is 12.7. The van der Waals surface area contributed by atoms with Gasteiger partial charge in [0, 0.05) is 18.4 Å². The number of rotatable bonds is 9. The van der Waals surface area contributed by atoms with Crippen LogP contribution in [0.15, 0.2) is 104 Å². The third kappa shape index (κ3) is 4.73. The molecule has 4 atom stereocenters. The van der Waals surface area contributed by atoms with Crippen LogP contribution in [0.3, 0.4) is 0 Å². The van der Waals surface area contributed by atoms with Gasteiger partial charge in [-0.1, -0.05) is 91.0 Å². The van der Waals surface area contributed by atoms with Crippen molar-refractivity contribution < 1.29 is 19.7 Å². The summed E-state index contributed by atoms with van der Waals surface area (Å²) in [5.74, 6) is 0.156. The van der Waals surface area contributed by atoms with Crippen LogP contribution in [0.5, 0.6) is 0 Å². The molecule has 0 unspecified atom stereocenters. The van der Waals surface area contributed by atoms with Gasteiger partial charge in [0.15, 0.2) is 5.65 Å². The summed E-state index contributed by atoms with van der Waals surface area (Å²) in [6, 6.07) is 29.0. The third-order valence-electron chi connectivity index (χ3n) is 7.67. The normalized spacial score (nSPS) is 24.4. The molecule has 5 aromatic rings. The summed E-state index contributed by atoms with van der Waals surface area (Å²) in [4.78, 5) is 8.40. The monoisotopic (exact) mass is 537 g/mol. The van der Waals surface area contributed by atoms with E-state index in [4.69, 9.17) is 15.2 Å². The maximum absolute atomic E-state index is 12.7. The smallest absolute Gasteiger partial charge is 0.224 e. The molecule has 204 valence electrons. The van der Waals surface area contributed by atoms with E-state index >= 15 is 0 Å². The van der Waals surface area contributed by atoms with Gasteiger partial charge in [-0.3, -0.25) is 0 Å². The second kappa shape index (κ2) is 10.8. The average molecular weight is 538 g/mol. The molecule has 0 saturated carbocycles. The first-order chi connectivity index (χ1) is 19.5. The van der Waals surface area contributed by atoms with Gasteiger partial charge in [0.2, 0.25) is 5.95 Å². The van der Waals surface area contributed by atoms with Crippen molar-refractivity contribution >= 4 is 11.6 Å². The van der Waals surface area contributed by atoms with E-state index in [-0.39, 0.29) is 25.4 Å². The summed E-state index contributed by atoms with van der Waals surface area (Å²) in [7, 11) is 0. The zero-order chi connectivity index (χ0) is 27.6. The number of anilines is 1. The van der Waals surface area contributed by atoms with Gasteiger partial charge in [0.1, 0.15) is 29.7 Å². The Balaban J connectivity index is 1.43. The number of nitrogen functional groups attached to an aromatic ring is 1. The van der Waals surface area contributed by atoms with Crippen LogP contribution in [0, 0.1) is 0 Å². The summed E-state index contributed by atoms with van der Waals surface area (Å²) in [6.45, 7) is 0.395. The zero-order valence-electron chi connectivity index (χ0n) is 21.9. The van der Waals surface area contributed by atoms with Crippen LogP contribution in [0.4, 0.5) is 5.95 Å². The van der Waals surface area contributed by atoms with Gasteiger partial charge in [0.25, 0.3) is 0 Å². The molecule has 0 aliphatic carbocycles. The lowest BCUT2D eigenvalue weighted by Crippen LogP contribution is -2.60. The fourth-order valence-electron chi connectivity index (χ4n) is 5.62. The quantitative estimate of drug-likeness (QED) is 0.261. The van der Waals surface area contributed by atoms with Gasteiger partial charge in [-0.25, -0.2) is 9.97 Å². The van der Waals surface area contributed by atoms with Crippen molar-refractivity contribution in [2.45, 2.75) is 42.9 Å². The van der Waals surface area contributed by atoms with Gasteiger partial charge in [0.05, 0.1) is 19.4 Å². The standard InChI is InChI=1S/C31H31N5O4/c32-29-34-21-33-28-25(18-35-36(28)29)27-31(38,17-23-12-6-2-7-13-23)30(37,16-22-10-4-1-5-11-22)26(40-27)20-39-19-24-14-8-3-9-15-24/h1-15,18,21,26-27,37-38H,16-17,19-20H2,(H2,32,33,34)/t26-,27+,30-,31+/m1/s1. The number of ether oxygens (including phenoxy) is 2. The first-order valence-corrected chi connectivity index (χ1v) is 13.2. The number of fused-ring (bicyclic) bond motifs is 1. The number of aromatic nitrogens is 4. The molecule has 2 aromatic heterocycles. The molecule has 3 aromatic carbocycles. The first-order valence-electron chi connectivity index (χ1n) is 13.2. The minimum atomic E-state index is -1.78. The molecule has 40 heavy (non-hydrogen) atoms. The molecule has 0 bridgehead atoms. The summed E-state index contributed by atoms with van der Waals surface area (Å²) >= 11 is 0. The van der Waals surface area contributed by atoms with E-state index in [1.165, 1.54) is 10.8 Å². The minimum Gasteiger partial charge on any atom is -0.384 e. The molecule has 0 spiro atoms. The van der Waals surface area contributed by atoms with Crippen LogP contribution in [-0.2, 0) is 28.9 Å². The average Bonchev–Trinajstić information content (AvgIpc) is 3.49. The predicted molar refractivity (Wildman–Crippen MR) is 149 cm³/mol. The van der Waals surface area contributed by atoms with Gasteiger partial charge in [-0.2, -0.15) is 9.61 Å². The fourth-order valence-corrected chi connectivity index (χ4v) is 5.62. The summed E-state index contributed by atoms with van der Waals surface area (Å²) in [5.41, 5.74) is 6.13. The highest BCUT2D eigenvalue weighted by Crippen LogP contribution is 2.52. The highest BCUT2D eigenvalue weighted by atomic mass is 16.6. The Kier molecular flexibility index (Phi) is 7.03. The molecule has 0 radical (unpaired) electrons. The molecule has 1 aliphatic heterocycles. The molecule has 1 aliphatic rings. The van der Waals surface area contributed by atoms with E-state index in [9.17, 15) is 10.2 Å². The van der Waals surface area contributed by atoms with E-state index in [0.717, 1.165) is 16.7 Å². The molecule has 9 heteroatoms. The summed E-state index contributed by atoms with van der Waals surface area (Å²) < 4.78 is 14.1. The van der Waals surface area contributed by atoms with Gasteiger partial charge in [-0.05, 0) is 16.7 Å². The molecular weight excluding hydrogens is 506 g/mol. The number of benzene rings is 3. The highest BCUT2D eigenvalue weighted by Gasteiger charge is 2.66. The Morgan fingerprint density at radius 2 is 1.38 bits per heavy atom. The lowest BCUT2D eigenvalue weighted by molar-refractivity contribution is -0.150. The van der Waals surface area contributed by atoms with Crippen LogP contribution >= 0.6 is 0 Å². The number of nitrogens with two attached hydrogens (primary N) is 1. The van der Waals surface area contributed by atoms with E-state index in [2.05, 4.69) is 15.1 Å². The number of aliphatic hydroxyl groups is 2. The number of hydrogen-bond donors (Lipinski definition) is 3. The second-order valence-corrected chi connectivity index (χ2v) is 10.2. The molecule has 9 nitrogen and oxygen atoms in total. The van der Waals surface area contributed by atoms with E-state index < -0.39 is 23.4 Å². The molecule has 4 N–H and O–H groups in total. The Morgan fingerprint density at radius 1 is 0.800 bits per heavy atom. The molecule has 3 heterocycles. The molecular formula is C31H31N5O4. The Labute approximate surface area is 231 Å². The van der Waals surface area contributed by atoms with Crippen molar-refractivity contribution in [1.29, 1.82) is 0 Å². The van der Waals surface area contributed by atoms with Crippen molar-refractivity contribution in [3.8, 4) is 0 Å². The second-order valence-electron chi connectivity index (χ2n) is 10.2. The van der Waals surface area contributed by atoms with Crippen LogP contribution in [0.25, 0.3) is 5.65 Å². The topological polar surface area (TPSA) is 128 Å². The van der Waals surface area contributed by atoms with Gasteiger partial charge >= 0.3 is 0 Å². The largest absolute Gasteiger partial charge is 0.384 e. The van der Waals surface area contributed by atoms with Crippen molar-refractivity contribution in [2.24, 2.45) is 0 Å². The van der Waals surface area contributed by atoms with Crippen LogP contribution in [0.1, 0.15) is 28.4 Å². The van der Waals surface area contributed by atoms with Gasteiger partial charge in [-0.15, -0.1) is 0 Å². The lowest BCUT2D eigenvalue weighted by Gasteiger charge is -2.41. The highest BCUT2D eigenvalue weighted by molar-refractivity contribution is 5.52. The van der Waals surface area contributed by atoms with Crippen molar-refractivity contribution in [3.63, 3.8) is 0 Å². The van der Waals surface area contributed by atoms with Crippen molar-refractivity contribution in [2.75, 3.05) is 12.3 Å². The van der Waals surface area contributed by atoms with E-state index in [1.807, 2.05) is 91.0 Å². The molecule has 1 saturated heterocycles. The number of nitrogens with zero attached hydrogens (tertiary/aromatic N) is 4. The predicted octanol–water partition coefficient (Wildman–Crippen LogP) is 3.31. The lowest BCUT2D eigenvalue weighted by atomic mass is 9.70. The van der Waals surface area contributed by atoms with E-state index in [0.29, 0.717) is 17.8 Å². The molecule has 0 amide bonds. The molecule has 1 fully saturated rings. The fraction of sp³-hybridized carbons (Fsp3) is 0.258. The van der Waals surface area contributed by atoms with Gasteiger partial charge < -0.3 is 25.4 Å². The molecule has 6 rings (SSSR count). The Bertz CT molecular complexity index is 1570. The van der Waals surface area contributed by atoms with Crippen LogP contribution in [0.2, 0.25) is 0 Å². The first kappa shape index (κ1) is 26.1. The number of hydrogen-bond acceptors (Lipinski definition) is 8. The SMILES string of the molecule is Nc1ncnc2c([C@@H]3O[C@H](COCc4ccccc4)[C@](O)(Cc4ccccc4)[C@]3(O)Cc3ccccc3)cnn12. The minimum absolute atomic E-state index is 0.0577. The third-order valence-corrected chi connectivity index (χ3v) is 7.67. The Morgan fingerprint density at radius 3 is 2.00 bits per heavy atom. The van der Waals surface area contributed by atoms with E-state index in [1.54, 1.807) is 6.20 Å². The van der Waals surface area contributed by atoms with Crippen LogP contribution < -0.4 is 5.73 Å². The summed E-state index contributed by atoms with van der Waals surface area (Å²) in [6.07, 6.45) is 1.32.